The summed E-state index contributed by atoms with van der Waals surface area (Å²) >= 11 is 5.94. The number of hydrogen-bond donors (Lipinski definition) is 1. The van der Waals surface area contributed by atoms with Gasteiger partial charge < -0.3 is 9.73 Å². The van der Waals surface area contributed by atoms with Crippen LogP contribution in [0.1, 0.15) is 15.9 Å². The van der Waals surface area contributed by atoms with Gasteiger partial charge in [-0.2, -0.15) is 0 Å². The summed E-state index contributed by atoms with van der Waals surface area (Å²) in [6, 6.07) is 21.5. The molecule has 0 unspecified atom stereocenters. The van der Waals surface area contributed by atoms with Crippen LogP contribution in [-0.2, 0) is 6.54 Å². The van der Waals surface area contributed by atoms with Gasteiger partial charge in [0.15, 0.2) is 5.58 Å². The van der Waals surface area contributed by atoms with E-state index in [9.17, 15) is 9.59 Å². The van der Waals surface area contributed by atoms with Crippen molar-refractivity contribution in [3.8, 4) is 0 Å². The summed E-state index contributed by atoms with van der Waals surface area (Å²) < 4.78 is 6.77. The molecule has 1 heterocycles. The Morgan fingerprint density at radius 2 is 1.74 bits per heavy atom. The first kappa shape index (κ1) is 17.1. The first-order valence-corrected chi connectivity index (χ1v) is 8.72. The minimum atomic E-state index is -0.446. The van der Waals surface area contributed by atoms with Gasteiger partial charge in [-0.05, 0) is 42.0 Å². The van der Waals surface area contributed by atoms with E-state index in [0.717, 1.165) is 11.3 Å². The second-order valence-corrected chi connectivity index (χ2v) is 6.52. The number of carbonyl (C=O) groups is 1. The summed E-state index contributed by atoms with van der Waals surface area (Å²) in [5, 5.41) is 3.35. The van der Waals surface area contributed by atoms with Crippen LogP contribution in [0, 0.1) is 0 Å². The maximum absolute atomic E-state index is 12.3. The van der Waals surface area contributed by atoms with E-state index in [2.05, 4.69) is 5.32 Å². The van der Waals surface area contributed by atoms with Crippen molar-refractivity contribution in [2.24, 2.45) is 0 Å². The van der Waals surface area contributed by atoms with Gasteiger partial charge in [0.05, 0.1) is 12.1 Å². The van der Waals surface area contributed by atoms with Crippen molar-refractivity contribution in [2.45, 2.75) is 6.54 Å². The lowest BCUT2D eigenvalue weighted by molar-refractivity contribution is 0.102. The summed E-state index contributed by atoms with van der Waals surface area (Å²) in [7, 11) is 0. The van der Waals surface area contributed by atoms with Gasteiger partial charge in [0.1, 0.15) is 0 Å². The van der Waals surface area contributed by atoms with E-state index < -0.39 is 5.76 Å². The predicted molar refractivity (Wildman–Crippen MR) is 105 cm³/mol. The largest absolute Gasteiger partial charge is 0.420 e. The van der Waals surface area contributed by atoms with Crippen molar-refractivity contribution in [3.63, 3.8) is 0 Å². The first-order chi connectivity index (χ1) is 13.1. The van der Waals surface area contributed by atoms with Gasteiger partial charge in [-0.25, -0.2) is 4.79 Å². The summed E-state index contributed by atoms with van der Waals surface area (Å²) in [5.74, 6) is -0.633. The number of nitrogens with zero attached hydrogens (tertiary/aromatic N) is 1. The van der Waals surface area contributed by atoms with E-state index >= 15 is 0 Å². The second kappa shape index (κ2) is 7.13. The van der Waals surface area contributed by atoms with Crippen LogP contribution in [0.25, 0.3) is 11.1 Å². The fraction of sp³-hybridized carbons (Fsp3) is 0.0476. The van der Waals surface area contributed by atoms with Crippen LogP contribution in [-0.4, -0.2) is 10.5 Å². The maximum Gasteiger partial charge on any atom is 0.420 e. The van der Waals surface area contributed by atoms with Gasteiger partial charge in [-0.3, -0.25) is 9.36 Å². The number of carbonyl (C=O) groups excluding carboxylic acids is 1. The lowest BCUT2D eigenvalue weighted by Crippen LogP contribution is -2.15. The highest BCUT2D eigenvalue weighted by Gasteiger charge is 2.11. The van der Waals surface area contributed by atoms with Crippen molar-refractivity contribution < 1.29 is 9.21 Å². The molecule has 1 aromatic heterocycles. The Labute approximate surface area is 159 Å². The molecule has 6 heteroatoms. The molecule has 1 amide bonds. The average molecular weight is 379 g/mol. The fourth-order valence-corrected chi connectivity index (χ4v) is 3.02. The van der Waals surface area contributed by atoms with Gasteiger partial charge in [-0.1, -0.05) is 41.9 Å². The predicted octanol–water partition coefficient (Wildman–Crippen LogP) is 4.55. The molecule has 0 radical (unpaired) electrons. The number of benzene rings is 3. The summed E-state index contributed by atoms with van der Waals surface area (Å²) in [5.41, 5.74) is 3.29. The van der Waals surface area contributed by atoms with E-state index in [1.54, 1.807) is 30.3 Å². The average Bonchev–Trinajstić information content (AvgIpc) is 2.97. The van der Waals surface area contributed by atoms with Crippen molar-refractivity contribution in [2.75, 3.05) is 5.32 Å². The van der Waals surface area contributed by atoms with Gasteiger partial charge in [0.2, 0.25) is 0 Å². The summed E-state index contributed by atoms with van der Waals surface area (Å²) in [4.78, 5) is 24.4. The highest BCUT2D eigenvalue weighted by Crippen LogP contribution is 2.19. The molecular weight excluding hydrogens is 364 g/mol. The number of hydrogen-bond acceptors (Lipinski definition) is 3. The third kappa shape index (κ3) is 3.64. The van der Waals surface area contributed by atoms with Crippen LogP contribution in [0.5, 0.6) is 0 Å². The van der Waals surface area contributed by atoms with Crippen LogP contribution >= 0.6 is 11.6 Å². The molecule has 0 bridgehead atoms. The number of nitrogens with one attached hydrogen (secondary N) is 1. The molecule has 5 nitrogen and oxygen atoms in total. The Kier molecular flexibility index (Phi) is 4.52. The molecule has 0 aliphatic rings. The zero-order valence-corrected chi connectivity index (χ0v) is 14.9. The number of halogens is 1. The molecular formula is C21H15ClN2O3. The standard InChI is InChI=1S/C21H15ClN2O3/c22-16-10-11-18-19(12-16)27-21(26)24(18)13-14-6-8-15(9-7-14)20(25)23-17-4-2-1-3-5-17/h1-12H,13H2,(H,23,25). The lowest BCUT2D eigenvalue weighted by Gasteiger charge is -2.07. The molecule has 1 N–H and O–H groups in total. The molecule has 0 aliphatic heterocycles. The van der Waals surface area contributed by atoms with E-state index in [-0.39, 0.29) is 5.91 Å². The van der Waals surface area contributed by atoms with Crippen molar-refractivity contribution in [1.29, 1.82) is 0 Å². The smallest absolute Gasteiger partial charge is 0.408 e. The number of amides is 1. The Bertz CT molecular complexity index is 1160. The van der Waals surface area contributed by atoms with Crippen LogP contribution in [0.15, 0.2) is 82.0 Å². The van der Waals surface area contributed by atoms with Crippen LogP contribution < -0.4 is 11.1 Å². The van der Waals surface area contributed by atoms with Crippen molar-refractivity contribution in [3.05, 3.63) is 99.5 Å². The molecule has 0 spiro atoms. The van der Waals surface area contributed by atoms with Crippen LogP contribution in [0.4, 0.5) is 5.69 Å². The Morgan fingerprint density at radius 1 is 1.00 bits per heavy atom. The molecule has 0 atom stereocenters. The molecule has 4 rings (SSSR count). The van der Waals surface area contributed by atoms with Crippen molar-refractivity contribution >= 4 is 34.3 Å². The second-order valence-electron chi connectivity index (χ2n) is 6.08. The molecule has 3 aromatic carbocycles. The number of anilines is 1. The molecule has 4 aromatic rings. The molecule has 0 aliphatic carbocycles. The van der Waals surface area contributed by atoms with Gasteiger partial charge in [-0.15, -0.1) is 0 Å². The van der Waals surface area contributed by atoms with E-state index in [1.807, 2.05) is 42.5 Å². The summed E-state index contributed by atoms with van der Waals surface area (Å²) in [6.07, 6.45) is 0. The van der Waals surface area contributed by atoms with Gasteiger partial charge in [0.25, 0.3) is 5.91 Å². The first-order valence-electron chi connectivity index (χ1n) is 8.34. The SMILES string of the molecule is O=C(Nc1ccccc1)c1ccc(Cn2c(=O)oc3cc(Cl)ccc32)cc1. The number of para-hydroxylation sites is 1. The molecule has 27 heavy (non-hydrogen) atoms. The lowest BCUT2D eigenvalue weighted by atomic mass is 10.1. The zero-order chi connectivity index (χ0) is 18.8. The number of fused-ring (bicyclic) bond motifs is 1. The Balaban J connectivity index is 1.54. The van der Waals surface area contributed by atoms with Crippen LogP contribution in [0.2, 0.25) is 5.02 Å². The molecule has 0 fully saturated rings. The third-order valence-corrected chi connectivity index (χ3v) is 4.45. The van der Waals surface area contributed by atoms with E-state index in [0.29, 0.717) is 28.2 Å². The monoisotopic (exact) mass is 378 g/mol. The zero-order valence-electron chi connectivity index (χ0n) is 14.2. The molecule has 0 saturated heterocycles. The maximum atomic E-state index is 12.3. The highest BCUT2D eigenvalue weighted by atomic mass is 35.5. The minimum Gasteiger partial charge on any atom is -0.408 e. The minimum absolute atomic E-state index is 0.187. The van der Waals surface area contributed by atoms with E-state index in [4.69, 9.17) is 16.0 Å². The number of aromatic nitrogens is 1. The summed E-state index contributed by atoms with van der Waals surface area (Å²) in [6.45, 7) is 0.341. The topological polar surface area (TPSA) is 64.2 Å². The normalized spacial score (nSPS) is 10.9. The van der Waals surface area contributed by atoms with E-state index in [1.165, 1.54) is 4.57 Å². The third-order valence-electron chi connectivity index (χ3n) is 4.22. The molecule has 0 saturated carbocycles. The highest BCUT2D eigenvalue weighted by molar-refractivity contribution is 6.31. The Hall–Kier alpha value is -3.31. The Morgan fingerprint density at radius 3 is 2.48 bits per heavy atom. The van der Waals surface area contributed by atoms with Gasteiger partial charge in [0, 0.05) is 22.3 Å². The van der Waals surface area contributed by atoms with Crippen LogP contribution in [0.3, 0.4) is 0 Å². The van der Waals surface area contributed by atoms with Gasteiger partial charge >= 0.3 is 5.76 Å². The fourth-order valence-electron chi connectivity index (χ4n) is 2.86. The van der Waals surface area contributed by atoms with Crippen molar-refractivity contribution in [1.82, 2.24) is 4.57 Å². The number of oxazole rings is 1. The molecule has 134 valence electrons. The quantitative estimate of drug-likeness (QED) is 0.566. The number of rotatable bonds is 4.